The average Bonchev–Trinajstić information content (AvgIpc) is 2.85. The molecule has 108 valence electrons. The number of hydrogen-bond donors (Lipinski definition) is 4. The molecule has 0 radical (unpaired) electrons. The molecule has 0 bridgehead atoms. The highest BCUT2D eigenvalue weighted by molar-refractivity contribution is 7.99. The molecule has 2 rings (SSSR count). The normalized spacial score (nSPS) is 12.7. The lowest BCUT2D eigenvalue weighted by Gasteiger charge is -2.09. The lowest BCUT2D eigenvalue weighted by Crippen LogP contribution is -2.33. The van der Waals surface area contributed by atoms with Gasteiger partial charge in [-0.3, -0.25) is 14.2 Å². The number of fused-ring (bicyclic) bond motifs is 1. The summed E-state index contributed by atoms with van der Waals surface area (Å²) in [6.45, 7) is 0.323. The molecule has 0 aliphatic rings. The summed E-state index contributed by atoms with van der Waals surface area (Å²) in [4.78, 5) is 33.2. The van der Waals surface area contributed by atoms with E-state index in [4.69, 9.17) is 16.6 Å². The number of nitrogens with one attached hydrogen (secondary N) is 1. The highest BCUT2D eigenvalue weighted by atomic mass is 32.2. The fraction of sp³-hybridized carbons (Fsp3) is 0.400. The Balaban J connectivity index is 2.03. The predicted molar refractivity (Wildman–Crippen MR) is 75.5 cm³/mol. The van der Waals surface area contributed by atoms with Gasteiger partial charge in [0.2, 0.25) is 5.95 Å². The first kappa shape index (κ1) is 14.3. The van der Waals surface area contributed by atoms with Crippen molar-refractivity contribution in [3.05, 3.63) is 16.7 Å². The van der Waals surface area contributed by atoms with Gasteiger partial charge in [-0.2, -0.15) is 16.7 Å². The lowest BCUT2D eigenvalue weighted by molar-refractivity contribution is -0.137. The number of hydrogen-bond acceptors (Lipinski definition) is 7. The number of nitrogens with two attached hydrogens (primary N) is 2. The van der Waals surface area contributed by atoms with E-state index in [0.29, 0.717) is 17.8 Å². The first-order chi connectivity index (χ1) is 9.50. The monoisotopic (exact) mass is 298 g/mol. The van der Waals surface area contributed by atoms with Gasteiger partial charge in [0.1, 0.15) is 6.04 Å². The first-order valence-electron chi connectivity index (χ1n) is 5.76. The van der Waals surface area contributed by atoms with Gasteiger partial charge in [-0.1, -0.05) is 0 Å². The molecule has 2 heterocycles. The molecule has 2 aromatic heterocycles. The van der Waals surface area contributed by atoms with E-state index in [1.54, 1.807) is 0 Å². The number of aromatic amines is 1. The second-order valence-electron chi connectivity index (χ2n) is 4.05. The zero-order valence-corrected chi connectivity index (χ0v) is 11.3. The van der Waals surface area contributed by atoms with E-state index in [9.17, 15) is 9.59 Å². The Labute approximate surface area is 117 Å². The Morgan fingerprint density at radius 2 is 2.35 bits per heavy atom. The zero-order valence-electron chi connectivity index (χ0n) is 10.4. The van der Waals surface area contributed by atoms with Crippen molar-refractivity contribution in [3.63, 3.8) is 0 Å². The van der Waals surface area contributed by atoms with Crippen LogP contribution < -0.4 is 17.0 Å². The molecule has 1 atom stereocenters. The smallest absolute Gasteiger partial charge is 0.321 e. The molecule has 2 aromatic rings. The lowest BCUT2D eigenvalue weighted by atomic mass is 10.4. The summed E-state index contributed by atoms with van der Waals surface area (Å²) in [6, 6.07) is -0.915. The summed E-state index contributed by atoms with van der Waals surface area (Å²) in [5, 5.41) is 8.65. The molecule has 0 spiro atoms. The number of thioether (sulfide) groups is 1. The molecule has 0 aliphatic heterocycles. The Morgan fingerprint density at radius 3 is 3.05 bits per heavy atom. The van der Waals surface area contributed by atoms with Crippen molar-refractivity contribution in [3.8, 4) is 0 Å². The number of aliphatic carboxylic acids is 1. The van der Waals surface area contributed by atoms with Crippen LogP contribution in [0.25, 0.3) is 11.2 Å². The van der Waals surface area contributed by atoms with E-state index in [2.05, 4.69) is 15.0 Å². The van der Waals surface area contributed by atoms with Crippen LogP contribution in [0.3, 0.4) is 0 Å². The van der Waals surface area contributed by atoms with Gasteiger partial charge >= 0.3 is 5.97 Å². The van der Waals surface area contributed by atoms with Gasteiger partial charge in [0.15, 0.2) is 11.2 Å². The van der Waals surface area contributed by atoms with Gasteiger partial charge in [0.25, 0.3) is 5.56 Å². The fourth-order valence-electron chi connectivity index (χ4n) is 1.59. The zero-order chi connectivity index (χ0) is 14.7. The number of aromatic nitrogens is 4. The van der Waals surface area contributed by atoms with Crippen molar-refractivity contribution < 1.29 is 9.90 Å². The Morgan fingerprint density at radius 1 is 1.60 bits per heavy atom. The van der Waals surface area contributed by atoms with Crippen molar-refractivity contribution in [2.45, 2.75) is 12.6 Å². The van der Waals surface area contributed by atoms with Crippen LogP contribution >= 0.6 is 11.8 Å². The molecule has 0 unspecified atom stereocenters. The number of carboxylic acid groups (broad SMARTS) is 1. The van der Waals surface area contributed by atoms with Gasteiger partial charge in [-0.25, -0.2) is 4.98 Å². The minimum atomic E-state index is -1.05. The van der Waals surface area contributed by atoms with Gasteiger partial charge < -0.3 is 21.6 Å². The van der Waals surface area contributed by atoms with E-state index in [1.807, 2.05) is 0 Å². The standard InChI is InChI=1S/C10H14N6O3S/c11-5(9(18)19)3-20-2-1-16-8(17)6-7(14-4-13-6)15-10(16)12/h4-5H,1-3,11H2,(H2,12,15)(H,13,14)(H,18,19)/t5-/m0/s1. The number of nitrogens with zero attached hydrogens (tertiary/aromatic N) is 3. The summed E-state index contributed by atoms with van der Waals surface area (Å²) in [5.41, 5.74) is 11.4. The molecule has 0 fully saturated rings. The Hall–Kier alpha value is -2.07. The second-order valence-corrected chi connectivity index (χ2v) is 5.20. The fourth-order valence-corrected chi connectivity index (χ4v) is 2.47. The van der Waals surface area contributed by atoms with E-state index < -0.39 is 12.0 Å². The van der Waals surface area contributed by atoms with Crippen LogP contribution in [0.5, 0.6) is 0 Å². The van der Waals surface area contributed by atoms with Crippen LogP contribution in [0, 0.1) is 0 Å². The molecular formula is C10H14N6O3S. The maximum absolute atomic E-state index is 12.1. The summed E-state index contributed by atoms with van der Waals surface area (Å²) >= 11 is 1.33. The van der Waals surface area contributed by atoms with Crippen molar-refractivity contribution in [1.29, 1.82) is 0 Å². The SMILES string of the molecule is Nc1nc2nc[nH]c2c(=O)n1CCSC[C@H](N)C(=O)O. The largest absolute Gasteiger partial charge is 0.480 e. The van der Waals surface area contributed by atoms with E-state index >= 15 is 0 Å². The van der Waals surface area contributed by atoms with Gasteiger partial charge in [-0.15, -0.1) is 0 Å². The molecule has 0 saturated carbocycles. The van der Waals surface area contributed by atoms with Crippen LogP contribution in [0.1, 0.15) is 0 Å². The number of carboxylic acids is 1. The quantitative estimate of drug-likeness (QED) is 0.487. The molecule has 0 saturated heterocycles. The molecule has 9 nitrogen and oxygen atoms in total. The number of imidazole rings is 1. The van der Waals surface area contributed by atoms with E-state index in [0.717, 1.165) is 0 Å². The van der Waals surface area contributed by atoms with Crippen LogP contribution in [0.4, 0.5) is 5.95 Å². The third-order valence-corrected chi connectivity index (χ3v) is 3.72. The van der Waals surface area contributed by atoms with Gasteiger partial charge in [-0.05, 0) is 0 Å². The summed E-state index contributed by atoms with van der Waals surface area (Å²) in [7, 11) is 0. The van der Waals surface area contributed by atoms with Gasteiger partial charge in [0.05, 0.1) is 6.33 Å². The van der Waals surface area contributed by atoms with Crippen LogP contribution in [-0.2, 0) is 11.3 Å². The van der Waals surface area contributed by atoms with Gasteiger partial charge in [0, 0.05) is 18.1 Å². The van der Waals surface area contributed by atoms with Crippen LogP contribution in [0.2, 0.25) is 0 Å². The van der Waals surface area contributed by atoms with E-state index in [-0.39, 0.29) is 22.9 Å². The van der Waals surface area contributed by atoms with Crippen molar-refractivity contribution >= 4 is 34.8 Å². The highest BCUT2D eigenvalue weighted by Gasteiger charge is 2.12. The van der Waals surface area contributed by atoms with Crippen LogP contribution in [0.15, 0.2) is 11.1 Å². The maximum atomic E-state index is 12.1. The Bertz CT molecular complexity index is 681. The highest BCUT2D eigenvalue weighted by Crippen LogP contribution is 2.07. The molecular weight excluding hydrogens is 284 g/mol. The molecule has 20 heavy (non-hydrogen) atoms. The Kier molecular flexibility index (Phi) is 4.25. The van der Waals surface area contributed by atoms with E-state index in [1.165, 1.54) is 22.7 Å². The molecule has 0 aliphatic carbocycles. The molecule has 0 amide bonds. The second kappa shape index (κ2) is 5.92. The third kappa shape index (κ3) is 2.91. The number of anilines is 1. The van der Waals surface area contributed by atoms with Crippen LogP contribution in [-0.4, -0.2) is 48.1 Å². The third-order valence-electron chi connectivity index (χ3n) is 2.65. The minimum Gasteiger partial charge on any atom is -0.480 e. The number of rotatable bonds is 6. The van der Waals surface area contributed by atoms with Crippen molar-refractivity contribution in [2.75, 3.05) is 17.2 Å². The summed E-state index contributed by atoms with van der Waals surface area (Å²) in [6.07, 6.45) is 1.38. The van der Waals surface area contributed by atoms with Crippen molar-refractivity contribution in [1.82, 2.24) is 19.5 Å². The van der Waals surface area contributed by atoms with Crippen molar-refractivity contribution in [2.24, 2.45) is 5.73 Å². The first-order valence-corrected chi connectivity index (χ1v) is 6.91. The summed E-state index contributed by atoms with van der Waals surface area (Å²) in [5.74, 6) is -0.191. The number of H-pyrrole nitrogens is 1. The molecule has 6 N–H and O–H groups in total. The summed E-state index contributed by atoms with van der Waals surface area (Å²) < 4.78 is 1.32. The number of carbonyl (C=O) groups is 1. The minimum absolute atomic E-state index is 0.0812. The molecule has 0 aromatic carbocycles. The average molecular weight is 298 g/mol. The predicted octanol–water partition coefficient (Wildman–Crippen LogP) is -1.15. The molecule has 10 heteroatoms. The number of nitrogen functional groups attached to an aromatic ring is 1. The topological polar surface area (TPSA) is 153 Å². The maximum Gasteiger partial charge on any atom is 0.321 e.